The van der Waals surface area contributed by atoms with Gasteiger partial charge in [-0.1, -0.05) is 24.3 Å². The van der Waals surface area contributed by atoms with Crippen LogP contribution in [0.2, 0.25) is 0 Å². The van der Waals surface area contributed by atoms with Gasteiger partial charge in [-0.25, -0.2) is 15.0 Å². The lowest BCUT2D eigenvalue weighted by Gasteiger charge is -2.37. The largest absolute Gasteiger partial charge is 0.496 e. The van der Waals surface area contributed by atoms with Crippen LogP contribution in [0.5, 0.6) is 5.75 Å². The molecule has 1 aromatic carbocycles. The number of piperazine rings is 1. The van der Waals surface area contributed by atoms with Crippen molar-refractivity contribution in [1.29, 1.82) is 0 Å². The fourth-order valence-corrected chi connectivity index (χ4v) is 4.55. The number of carbonyl (C=O) groups excluding carboxylic acids is 1. The summed E-state index contributed by atoms with van der Waals surface area (Å²) in [5.74, 6) is 4.01. The topological polar surface area (TPSA) is 83.5 Å². The van der Waals surface area contributed by atoms with Gasteiger partial charge < -0.3 is 19.9 Å². The van der Waals surface area contributed by atoms with E-state index in [2.05, 4.69) is 25.2 Å². The van der Waals surface area contributed by atoms with E-state index < -0.39 is 5.41 Å². The summed E-state index contributed by atoms with van der Waals surface area (Å²) in [5, 5.41) is 3.24. The number of ether oxygens (including phenoxy) is 1. The van der Waals surface area contributed by atoms with Crippen molar-refractivity contribution in [3.05, 3.63) is 66.1 Å². The monoisotopic (exact) mass is 444 g/mol. The number of aryl methyl sites for hydroxylation is 1. The fourth-order valence-electron chi connectivity index (χ4n) is 4.55. The summed E-state index contributed by atoms with van der Waals surface area (Å²) in [5.41, 5.74) is 0.580. The molecule has 0 bridgehead atoms. The Morgan fingerprint density at radius 3 is 2.45 bits per heavy atom. The first-order valence-corrected chi connectivity index (χ1v) is 11.3. The smallest absolute Gasteiger partial charge is 0.233 e. The Labute approximate surface area is 193 Å². The Balaban J connectivity index is 1.27. The second-order valence-electron chi connectivity index (χ2n) is 8.56. The van der Waals surface area contributed by atoms with Gasteiger partial charge in [0.25, 0.3) is 0 Å². The summed E-state index contributed by atoms with van der Waals surface area (Å²) >= 11 is 0. The predicted octanol–water partition coefficient (Wildman–Crippen LogP) is 3.31. The van der Waals surface area contributed by atoms with Crippen molar-refractivity contribution in [2.45, 2.75) is 25.2 Å². The highest BCUT2D eigenvalue weighted by Crippen LogP contribution is 2.52. The molecule has 2 aromatic heterocycles. The van der Waals surface area contributed by atoms with E-state index in [9.17, 15) is 4.79 Å². The molecule has 1 saturated carbocycles. The molecule has 0 spiro atoms. The lowest BCUT2D eigenvalue weighted by molar-refractivity contribution is -0.134. The van der Waals surface area contributed by atoms with E-state index in [0.717, 1.165) is 48.9 Å². The molecule has 0 radical (unpaired) electrons. The third-order valence-corrected chi connectivity index (χ3v) is 6.42. The van der Waals surface area contributed by atoms with Gasteiger partial charge in [-0.3, -0.25) is 4.79 Å². The molecule has 0 unspecified atom stereocenters. The second-order valence-corrected chi connectivity index (χ2v) is 8.56. The van der Waals surface area contributed by atoms with E-state index in [1.165, 1.54) is 0 Å². The lowest BCUT2D eigenvalue weighted by Crippen LogP contribution is -2.51. The maximum absolute atomic E-state index is 13.5. The fraction of sp³-hybridized carbons (Fsp3) is 0.360. The highest BCUT2D eigenvalue weighted by Gasteiger charge is 2.54. The summed E-state index contributed by atoms with van der Waals surface area (Å²) in [4.78, 5) is 31.2. The van der Waals surface area contributed by atoms with Gasteiger partial charge in [0, 0.05) is 44.0 Å². The third-order valence-electron chi connectivity index (χ3n) is 6.42. The van der Waals surface area contributed by atoms with Crippen LogP contribution in [0.15, 0.2) is 54.7 Å². The highest BCUT2D eigenvalue weighted by atomic mass is 16.5. The van der Waals surface area contributed by atoms with Crippen LogP contribution in [0, 0.1) is 6.92 Å². The van der Waals surface area contributed by atoms with Crippen LogP contribution >= 0.6 is 0 Å². The second kappa shape index (κ2) is 8.69. The number of methoxy groups -OCH3 is 1. The lowest BCUT2D eigenvalue weighted by atomic mass is 9.93. The third kappa shape index (κ3) is 4.20. The molecule has 1 saturated heterocycles. The zero-order chi connectivity index (χ0) is 22.8. The minimum atomic E-state index is -0.431. The van der Waals surface area contributed by atoms with Gasteiger partial charge in [0.05, 0.1) is 12.5 Å². The first-order valence-electron chi connectivity index (χ1n) is 11.3. The molecule has 5 rings (SSSR count). The van der Waals surface area contributed by atoms with Crippen molar-refractivity contribution in [3.8, 4) is 5.75 Å². The normalized spacial score (nSPS) is 16.9. The van der Waals surface area contributed by atoms with Crippen LogP contribution in [0.4, 0.5) is 17.5 Å². The molecular weight excluding hydrogens is 416 g/mol. The van der Waals surface area contributed by atoms with E-state index in [0.29, 0.717) is 24.7 Å². The van der Waals surface area contributed by atoms with E-state index in [-0.39, 0.29) is 5.91 Å². The van der Waals surface area contributed by atoms with Crippen LogP contribution < -0.4 is 15.0 Å². The number of hydrogen-bond acceptors (Lipinski definition) is 7. The number of nitrogens with zero attached hydrogens (tertiary/aromatic N) is 5. The summed E-state index contributed by atoms with van der Waals surface area (Å²) in [7, 11) is 1.67. The Morgan fingerprint density at radius 2 is 1.76 bits per heavy atom. The predicted molar refractivity (Wildman–Crippen MR) is 127 cm³/mol. The van der Waals surface area contributed by atoms with Gasteiger partial charge in [-0.05, 0) is 38.0 Å². The molecule has 8 heteroatoms. The number of benzene rings is 1. The molecule has 2 fully saturated rings. The van der Waals surface area contributed by atoms with Crippen LogP contribution in [0.3, 0.4) is 0 Å². The summed E-state index contributed by atoms with van der Waals surface area (Å²) < 4.78 is 5.55. The average Bonchev–Trinajstić information content (AvgIpc) is 3.66. The van der Waals surface area contributed by atoms with Crippen molar-refractivity contribution in [1.82, 2.24) is 19.9 Å². The molecule has 1 aliphatic heterocycles. The zero-order valence-electron chi connectivity index (χ0n) is 19.0. The molecule has 2 aliphatic rings. The van der Waals surface area contributed by atoms with Crippen molar-refractivity contribution < 1.29 is 9.53 Å². The maximum Gasteiger partial charge on any atom is 0.233 e. The Hall–Kier alpha value is -3.68. The van der Waals surface area contributed by atoms with Crippen LogP contribution in [-0.4, -0.2) is 59.0 Å². The number of hydrogen-bond donors (Lipinski definition) is 1. The van der Waals surface area contributed by atoms with Crippen LogP contribution in [-0.2, 0) is 10.2 Å². The number of aromatic nitrogens is 3. The van der Waals surface area contributed by atoms with Gasteiger partial charge in [0.1, 0.15) is 29.0 Å². The Kier molecular flexibility index (Phi) is 5.58. The summed E-state index contributed by atoms with van der Waals surface area (Å²) in [6, 6.07) is 15.5. The Bertz CT molecular complexity index is 1140. The van der Waals surface area contributed by atoms with Gasteiger partial charge in [0.2, 0.25) is 5.91 Å². The number of rotatable bonds is 6. The number of nitrogens with one attached hydrogen (secondary N) is 1. The molecule has 1 aliphatic carbocycles. The van der Waals surface area contributed by atoms with E-state index >= 15 is 0 Å². The quantitative estimate of drug-likeness (QED) is 0.624. The molecule has 1 N–H and O–H groups in total. The number of pyridine rings is 1. The van der Waals surface area contributed by atoms with Crippen molar-refractivity contribution in [2.24, 2.45) is 0 Å². The van der Waals surface area contributed by atoms with E-state index in [4.69, 9.17) is 4.74 Å². The number of anilines is 3. The summed E-state index contributed by atoms with van der Waals surface area (Å²) in [6.45, 7) is 4.68. The van der Waals surface area contributed by atoms with Crippen molar-refractivity contribution in [3.63, 3.8) is 0 Å². The van der Waals surface area contributed by atoms with Gasteiger partial charge in [0.15, 0.2) is 0 Å². The number of carbonyl (C=O) groups is 1. The molecular formula is C25H28N6O2. The van der Waals surface area contributed by atoms with Gasteiger partial charge in [-0.15, -0.1) is 0 Å². The molecule has 3 heterocycles. The van der Waals surface area contributed by atoms with Crippen LogP contribution in [0.25, 0.3) is 0 Å². The highest BCUT2D eigenvalue weighted by molar-refractivity contribution is 5.92. The van der Waals surface area contributed by atoms with Crippen molar-refractivity contribution >= 4 is 23.4 Å². The standard InChI is InChI=1S/C25H28N6O2/c1-18-27-22(29-21-9-5-6-12-26-21)17-23(28-18)30-13-15-31(16-14-30)24(32)25(10-11-25)19-7-3-4-8-20(19)33-2/h3-9,12,17H,10-11,13-16H2,1-2H3,(H,26,27,28,29). The first kappa shape index (κ1) is 21.2. The molecule has 0 atom stereocenters. The van der Waals surface area contributed by atoms with Crippen LogP contribution in [0.1, 0.15) is 24.2 Å². The molecule has 1 amide bonds. The maximum atomic E-state index is 13.5. The SMILES string of the molecule is COc1ccccc1C1(C(=O)N2CCN(c3cc(Nc4ccccn4)nc(C)n3)CC2)CC1. The van der Waals surface area contributed by atoms with E-state index in [1.54, 1.807) is 13.3 Å². The zero-order valence-corrected chi connectivity index (χ0v) is 19.0. The van der Waals surface area contributed by atoms with E-state index in [1.807, 2.05) is 60.4 Å². The summed E-state index contributed by atoms with van der Waals surface area (Å²) in [6.07, 6.45) is 3.49. The molecule has 170 valence electrons. The van der Waals surface area contributed by atoms with Crippen molar-refractivity contribution in [2.75, 3.05) is 43.5 Å². The Morgan fingerprint density at radius 1 is 1.00 bits per heavy atom. The molecule has 33 heavy (non-hydrogen) atoms. The minimum Gasteiger partial charge on any atom is -0.496 e. The first-order chi connectivity index (χ1) is 16.1. The van der Waals surface area contributed by atoms with Gasteiger partial charge in [-0.2, -0.15) is 0 Å². The molecule has 3 aromatic rings. The number of amides is 1. The number of para-hydroxylation sites is 1. The molecule has 8 nitrogen and oxygen atoms in total. The average molecular weight is 445 g/mol. The minimum absolute atomic E-state index is 0.211. The van der Waals surface area contributed by atoms with Gasteiger partial charge >= 0.3 is 0 Å².